The van der Waals surface area contributed by atoms with Gasteiger partial charge in [-0.05, 0) is 49.9 Å². The Morgan fingerprint density at radius 2 is 1.97 bits per heavy atom. The Balaban J connectivity index is 1.81. The number of aliphatic imine (C=N–C) groups is 1. The molecule has 1 heterocycles. The van der Waals surface area contributed by atoms with Crippen LogP contribution in [0.15, 0.2) is 35.3 Å². The van der Waals surface area contributed by atoms with E-state index >= 15 is 0 Å². The van der Waals surface area contributed by atoms with Crippen LogP contribution in [-0.4, -0.2) is 29.4 Å². The van der Waals surface area contributed by atoms with E-state index in [0.29, 0.717) is 5.56 Å². The smallest absolute Gasteiger partial charge is 0.398 e. The second kappa shape index (κ2) is 9.60. The number of halogens is 3. The summed E-state index contributed by atoms with van der Waals surface area (Å²) >= 11 is 0. The first-order chi connectivity index (χ1) is 15.2. The van der Waals surface area contributed by atoms with E-state index < -0.39 is 23.5 Å². The molecule has 0 saturated heterocycles. The Bertz CT molecular complexity index is 1080. The molecule has 0 radical (unpaired) electrons. The van der Waals surface area contributed by atoms with E-state index in [-0.39, 0.29) is 28.9 Å². The summed E-state index contributed by atoms with van der Waals surface area (Å²) in [6, 6.07) is 7.73. The Morgan fingerprint density at radius 3 is 2.59 bits per heavy atom. The summed E-state index contributed by atoms with van der Waals surface area (Å²) in [5.74, 6) is -0.833. The molecule has 0 unspecified atom stereocenters. The van der Waals surface area contributed by atoms with Gasteiger partial charge in [0.15, 0.2) is 0 Å². The maximum absolute atomic E-state index is 12.9. The molecular formula is C22H20F3N5O2. The minimum atomic E-state index is -4.69. The number of benzene rings is 1. The van der Waals surface area contributed by atoms with Crippen LogP contribution >= 0.6 is 0 Å². The number of anilines is 2. The minimum absolute atomic E-state index is 0.0357. The lowest BCUT2D eigenvalue weighted by Gasteiger charge is -2.22. The van der Waals surface area contributed by atoms with Crippen LogP contribution in [0.4, 0.5) is 24.5 Å². The molecule has 1 saturated carbocycles. The number of aromatic nitrogens is 1. The third-order valence-corrected chi connectivity index (χ3v) is 5.22. The van der Waals surface area contributed by atoms with E-state index in [1.54, 1.807) is 6.21 Å². The lowest BCUT2D eigenvalue weighted by Crippen LogP contribution is -2.18. The van der Waals surface area contributed by atoms with Crippen LogP contribution in [0.5, 0.6) is 0 Å². The molecule has 1 aromatic carbocycles. The van der Waals surface area contributed by atoms with Crippen molar-refractivity contribution in [3.63, 3.8) is 0 Å². The molecule has 1 aliphatic carbocycles. The molecule has 2 aromatic rings. The van der Waals surface area contributed by atoms with Gasteiger partial charge in [-0.2, -0.15) is 18.4 Å². The number of nitrogens with two attached hydrogens (primary N) is 1. The predicted octanol–water partition coefficient (Wildman–Crippen LogP) is 3.98. The Labute approximate surface area is 182 Å². The number of hydrogen-bond acceptors (Lipinski definition) is 6. The highest BCUT2D eigenvalue weighted by molar-refractivity contribution is 6.04. The highest BCUT2D eigenvalue weighted by Crippen LogP contribution is 2.28. The number of pyridine rings is 1. The number of carbonyl (C=O) groups is 2. The summed E-state index contributed by atoms with van der Waals surface area (Å²) in [5.41, 5.74) is 5.21. The lowest BCUT2D eigenvalue weighted by molar-refractivity contribution is -0.141. The van der Waals surface area contributed by atoms with Crippen LogP contribution < -0.4 is 11.1 Å². The van der Waals surface area contributed by atoms with E-state index in [1.807, 2.05) is 6.07 Å². The highest BCUT2D eigenvalue weighted by atomic mass is 19.4. The topological polar surface area (TPSA) is 121 Å². The predicted molar refractivity (Wildman–Crippen MR) is 112 cm³/mol. The summed E-state index contributed by atoms with van der Waals surface area (Å²) in [6.07, 6.45) is 0.873. The minimum Gasteiger partial charge on any atom is -0.398 e. The summed E-state index contributed by atoms with van der Waals surface area (Å²) in [4.78, 5) is 31.2. The largest absolute Gasteiger partial charge is 0.433 e. The average molecular weight is 443 g/mol. The molecule has 0 spiro atoms. The summed E-state index contributed by atoms with van der Waals surface area (Å²) in [7, 11) is 0. The number of nitrogens with zero attached hydrogens (tertiary/aromatic N) is 3. The van der Waals surface area contributed by atoms with Gasteiger partial charge in [-0.1, -0.05) is 6.07 Å². The van der Waals surface area contributed by atoms with Crippen LogP contribution in [0.2, 0.25) is 0 Å². The second-order valence-corrected chi connectivity index (χ2v) is 7.48. The van der Waals surface area contributed by atoms with Crippen molar-refractivity contribution in [1.29, 1.82) is 5.26 Å². The van der Waals surface area contributed by atoms with Gasteiger partial charge in [-0.3, -0.25) is 9.79 Å². The molecule has 32 heavy (non-hydrogen) atoms. The van der Waals surface area contributed by atoms with E-state index in [1.165, 1.54) is 12.1 Å². The third kappa shape index (κ3) is 5.49. The molecule has 0 bridgehead atoms. The Hall–Kier alpha value is -3.74. The molecule has 1 aliphatic rings. The molecular weight excluding hydrogens is 423 g/mol. The van der Waals surface area contributed by atoms with Gasteiger partial charge in [0.1, 0.15) is 23.7 Å². The zero-order valence-electron chi connectivity index (χ0n) is 16.9. The number of rotatable bonds is 5. The monoisotopic (exact) mass is 443 g/mol. The van der Waals surface area contributed by atoms with E-state index in [4.69, 9.17) is 5.73 Å². The van der Waals surface area contributed by atoms with Crippen molar-refractivity contribution in [1.82, 2.24) is 4.98 Å². The SMILES string of the molecule is N#Cc1cc(N)c(C=NC2CCC(C=O)CC2)cc1NC(=O)c1cccc(C(F)(F)F)n1. The van der Waals surface area contributed by atoms with E-state index in [9.17, 15) is 28.0 Å². The van der Waals surface area contributed by atoms with Crippen LogP contribution in [0, 0.1) is 17.2 Å². The average Bonchev–Trinajstić information content (AvgIpc) is 2.78. The molecule has 3 rings (SSSR count). The number of amides is 1. The number of aldehydes is 1. The number of alkyl halides is 3. The summed E-state index contributed by atoms with van der Waals surface area (Å²) in [5, 5.41) is 11.8. The van der Waals surface area contributed by atoms with Crippen molar-refractivity contribution in [3.05, 3.63) is 52.8 Å². The van der Waals surface area contributed by atoms with Gasteiger partial charge in [0, 0.05) is 29.4 Å². The third-order valence-electron chi connectivity index (χ3n) is 5.22. The molecule has 7 nitrogen and oxygen atoms in total. The van der Waals surface area contributed by atoms with Gasteiger partial charge in [-0.15, -0.1) is 0 Å². The normalized spacial score (nSPS) is 18.8. The van der Waals surface area contributed by atoms with Crippen molar-refractivity contribution in [2.45, 2.75) is 37.9 Å². The van der Waals surface area contributed by atoms with Gasteiger partial charge < -0.3 is 15.8 Å². The fraction of sp³-hybridized carbons (Fsp3) is 0.318. The van der Waals surface area contributed by atoms with Crippen LogP contribution in [-0.2, 0) is 11.0 Å². The first-order valence-electron chi connectivity index (χ1n) is 9.89. The molecule has 166 valence electrons. The highest BCUT2D eigenvalue weighted by Gasteiger charge is 2.33. The van der Waals surface area contributed by atoms with Crippen LogP contribution in [0.1, 0.15) is 53.0 Å². The van der Waals surface area contributed by atoms with Crippen LogP contribution in [0.3, 0.4) is 0 Å². The van der Waals surface area contributed by atoms with Gasteiger partial charge in [-0.25, -0.2) is 4.98 Å². The maximum Gasteiger partial charge on any atom is 0.433 e. The number of nitrogen functional groups attached to an aromatic ring is 1. The zero-order chi connectivity index (χ0) is 23.3. The Kier molecular flexibility index (Phi) is 6.88. The quantitative estimate of drug-likeness (QED) is 0.411. The molecule has 10 heteroatoms. The molecule has 0 atom stereocenters. The number of hydrogen-bond donors (Lipinski definition) is 2. The van der Waals surface area contributed by atoms with Crippen molar-refractivity contribution in [2.75, 3.05) is 11.1 Å². The first kappa shape index (κ1) is 22.9. The molecule has 0 aliphatic heterocycles. The van der Waals surface area contributed by atoms with Gasteiger partial charge in [0.25, 0.3) is 5.91 Å². The Morgan fingerprint density at radius 1 is 1.25 bits per heavy atom. The number of carbonyl (C=O) groups excluding carboxylic acids is 2. The van der Waals surface area contributed by atoms with Crippen molar-refractivity contribution in [2.24, 2.45) is 10.9 Å². The van der Waals surface area contributed by atoms with Gasteiger partial charge >= 0.3 is 6.18 Å². The van der Waals surface area contributed by atoms with E-state index in [2.05, 4.69) is 15.3 Å². The zero-order valence-corrected chi connectivity index (χ0v) is 16.9. The number of nitriles is 1. The fourth-order valence-corrected chi connectivity index (χ4v) is 3.42. The number of nitrogens with one attached hydrogen (secondary N) is 1. The van der Waals surface area contributed by atoms with Crippen molar-refractivity contribution < 1.29 is 22.8 Å². The van der Waals surface area contributed by atoms with Gasteiger partial charge in [0.05, 0.1) is 11.3 Å². The van der Waals surface area contributed by atoms with Crippen molar-refractivity contribution >= 4 is 29.8 Å². The van der Waals surface area contributed by atoms with Crippen molar-refractivity contribution in [3.8, 4) is 6.07 Å². The first-order valence-corrected chi connectivity index (χ1v) is 9.89. The fourth-order valence-electron chi connectivity index (χ4n) is 3.42. The molecule has 1 fully saturated rings. The summed E-state index contributed by atoms with van der Waals surface area (Å²) < 4.78 is 38.6. The van der Waals surface area contributed by atoms with Crippen LogP contribution in [0.25, 0.3) is 0 Å². The van der Waals surface area contributed by atoms with Gasteiger partial charge in [0.2, 0.25) is 0 Å². The second-order valence-electron chi connectivity index (χ2n) is 7.48. The standard InChI is InChI=1S/C22H20F3N5O2/c23-22(24,25)20-3-1-2-18(29-20)21(32)30-19-9-15(17(27)8-14(19)10-26)11-28-16-6-4-13(12-31)5-7-16/h1-3,8-9,11-13,16H,4-7,27H2,(H,30,32). The maximum atomic E-state index is 12.9. The molecule has 1 amide bonds. The molecule has 3 N–H and O–H groups in total. The lowest BCUT2D eigenvalue weighted by atomic mass is 9.87. The van der Waals surface area contributed by atoms with E-state index in [0.717, 1.165) is 50.2 Å². The summed E-state index contributed by atoms with van der Waals surface area (Å²) in [6.45, 7) is 0. The molecule has 1 aromatic heterocycles.